The first-order valence-corrected chi connectivity index (χ1v) is 12.1. The third-order valence-corrected chi connectivity index (χ3v) is 6.11. The van der Waals surface area contributed by atoms with E-state index < -0.39 is 12.1 Å². The summed E-state index contributed by atoms with van der Waals surface area (Å²) < 4.78 is 38.9. The Bertz CT molecular complexity index is 1290. The Kier molecular flexibility index (Phi) is 9.49. The summed E-state index contributed by atoms with van der Waals surface area (Å²) in [6.45, 7) is 2.30. The van der Waals surface area contributed by atoms with Crippen molar-refractivity contribution >= 4 is 27.7 Å². The van der Waals surface area contributed by atoms with Crippen LogP contribution in [0.3, 0.4) is 0 Å². The van der Waals surface area contributed by atoms with Crippen molar-refractivity contribution in [2.24, 2.45) is 0 Å². The number of halogens is 4. The predicted molar refractivity (Wildman–Crippen MR) is 136 cm³/mol. The number of nitrogens with zero attached hydrogens (tertiary/aromatic N) is 2. The maximum Gasteiger partial charge on any atom is 0.490 e. The normalized spacial score (nSPS) is 15.2. The Balaban J connectivity index is 0.000000479. The van der Waals surface area contributed by atoms with Gasteiger partial charge in [-0.2, -0.15) is 18.4 Å². The zero-order valence-electron chi connectivity index (χ0n) is 19.6. The van der Waals surface area contributed by atoms with Crippen LogP contribution >= 0.6 is 15.9 Å². The second kappa shape index (κ2) is 12.6. The van der Waals surface area contributed by atoms with Gasteiger partial charge in [0.2, 0.25) is 0 Å². The third-order valence-electron chi connectivity index (χ3n) is 5.62. The number of hydrogen-bond donors (Lipinski definition) is 3. The fraction of sp³-hybridized carbons (Fsp3) is 0.269. The van der Waals surface area contributed by atoms with E-state index in [0.717, 1.165) is 58.5 Å². The molecule has 37 heavy (non-hydrogen) atoms. The molecule has 0 bridgehead atoms. The molecule has 4 N–H and O–H groups in total. The zero-order valence-corrected chi connectivity index (χ0v) is 21.1. The zero-order chi connectivity index (χ0) is 27.0. The molecule has 1 aliphatic rings. The van der Waals surface area contributed by atoms with Crippen LogP contribution in [0.4, 0.5) is 19.0 Å². The second-order valence-electron chi connectivity index (χ2n) is 8.23. The van der Waals surface area contributed by atoms with Crippen molar-refractivity contribution in [1.82, 2.24) is 10.3 Å². The Morgan fingerprint density at radius 3 is 2.59 bits per heavy atom. The minimum atomic E-state index is -5.08. The van der Waals surface area contributed by atoms with Gasteiger partial charge < -0.3 is 20.9 Å². The van der Waals surface area contributed by atoms with E-state index in [2.05, 4.69) is 32.3 Å². The number of ether oxygens (including phenoxy) is 1. The lowest BCUT2D eigenvalue weighted by Crippen LogP contribution is -2.29. The number of hydrogen-bond acceptors (Lipinski definition) is 6. The van der Waals surface area contributed by atoms with Crippen LogP contribution in [0, 0.1) is 11.3 Å². The first-order valence-electron chi connectivity index (χ1n) is 11.3. The van der Waals surface area contributed by atoms with Gasteiger partial charge in [0.1, 0.15) is 24.2 Å². The van der Waals surface area contributed by atoms with Gasteiger partial charge in [-0.1, -0.05) is 40.2 Å². The van der Waals surface area contributed by atoms with Gasteiger partial charge in [0.25, 0.3) is 0 Å². The van der Waals surface area contributed by atoms with Crippen LogP contribution in [-0.4, -0.2) is 35.3 Å². The van der Waals surface area contributed by atoms with Gasteiger partial charge in [0.05, 0.1) is 11.3 Å². The van der Waals surface area contributed by atoms with Gasteiger partial charge in [-0.25, -0.2) is 9.78 Å². The van der Waals surface area contributed by atoms with Gasteiger partial charge in [0, 0.05) is 16.6 Å². The van der Waals surface area contributed by atoms with Gasteiger partial charge in [-0.15, -0.1) is 0 Å². The lowest BCUT2D eigenvalue weighted by Gasteiger charge is -2.25. The Morgan fingerprint density at radius 1 is 1.24 bits per heavy atom. The smallest absolute Gasteiger partial charge is 0.488 e. The number of carboxylic acids is 1. The van der Waals surface area contributed by atoms with Gasteiger partial charge >= 0.3 is 12.1 Å². The standard InChI is InChI=1S/C24H23BrN4O.C2HF3O2/c25-18-7-3-5-16(11-18)15-30-23-9-2-1-8-19(23)22-12-20(17-6-4-10-28-14-17)21(13-26)24(27)29-22;3-2(4,5)1(6)7/h1-3,5,7-9,11-12,17,28H,4,6,10,14-15H2,(H2,27,29);(H,6,7). The summed E-state index contributed by atoms with van der Waals surface area (Å²) in [5.74, 6) is -1.49. The summed E-state index contributed by atoms with van der Waals surface area (Å²) in [6.07, 6.45) is -2.97. The lowest BCUT2D eigenvalue weighted by molar-refractivity contribution is -0.192. The maximum absolute atomic E-state index is 10.6. The highest BCUT2D eigenvalue weighted by atomic mass is 79.9. The minimum absolute atomic E-state index is 0.257. The van der Waals surface area contributed by atoms with E-state index in [0.29, 0.717) is 12.2 Å². The van der Waals surface area contributed by atoms with Crippen LogP contribution in [0.5, 0.6) is 5.75 Å². The summed E-state index contributed by atoms with van der Waals surface area (Å²) >= 11 is 3.50. The first-order chi connectivity index (χ1) is 17.6. The van der Waals surface area contributed by atoms with Crippen LogP contribution in [0.25, 0.3) is 11.3 Å². The second-order valence-corrected chi connectivity index (χ2v) is 9.15. The molecule has 0 saturated carbocycles. The van der Waals surface area contributed by atoms with Crippen molar-refractivity contribution < 1.29 is 27.8 Å². The van der Waals surface area contributed by atoms with Crippen molar-refractivity contribution in [1.29, 1.82) is 5.26 Å². The van der Waals surface area contributed by atoms with Crippen LogP contribution in [-0.2, 0) is 11.4 Å². The highest BCUT2D eigenvalue weighted by Crippen LogP contribution is 2.35. The molecule has 2 heterocycles. The number of aliphatic carboxylic acids is 1. The molecule has 1 fully saturated rings. The van der Waals surface area contributed by atoms with Crippen LogP contribution in [0.2, 0.25) is 0 Å². The number of carboxylic acid groups (broad SMARTS) is 1. The summed E-state index contributed by atoms with van der Waals surface area (Å²) in [5, 5.41) is 20.2. The van der Waals surface area contributed by atoms with E-state index in [-0.39, 0.29) is 11.7 Å². The number of nitrogen functional groups attached to an aromatic ring is 1. The minimum Gasteiger partial charge on any atom is -0.488 e. The largest absolute Gasteiger partial charge is 0.490 e. The average molecular weight is 577 g/mol. The molecule has 0 aliphatic carbocycles. The number of piperidine rings is 1. The molecule has 1 unspecified atom stereocenters. The number of alkyl halides is 3. The molecule has 1 atom stereocenters. The molecule has 7 nitrogen and oxygen atoms in total. The van der Waals surface area contributed by atoms with Crippen LogP contribution in [0.1, 0.15) is 35.4 Å². The fourth-order valence-corrected chi connectivity index (χ4v) is 4.32. The highest BCUT2D eigenvalue weighted by molar-refractivity contribution is 9.10. The van der Waals surface area contributed by atoms with Gasteiger partial charge in [-0.05, 0) is 66.8 Å². The van der Waals surface area contributed by atoms with Crippen molar-refractivity contribution in [3.05, 3.63) is 75.8 Å². The number of benzene rings is 2. The molecule has 0 radical (unpaired) electrons. The van der Waals surface area contributed by atoms with Gasteiger partial charge in [-0.3, -0.25) is 0 Å². The van der Waals surface area contributed by atoms with E-state index in [9.17, 15) is 18.4 Å². The van der Waals surface area contributed by atoms with E-state index in [1.54, 1.807) is 0 Å². The molecular formula is C26H24BrF3N4O3. The summed E-state index contributed by atoms with van der Waals surface area (Å²) in [4.78, 5) is 13.4. The average Bonchev–Trinajstić information content (AvgIpc) is 2.87. The summed E-state index contributed by atoms with van der Waals surface area (Å²) in [7, 11) is 0. The van der Waals surface area contributed by atoms with Crippen LogP contribution in [0.15, 0.2) is 59.1 Å². The molecule has 2 aromatic carbocycles. The van der Waals surface area contributed by atoms with E-state index >= 15 is 0 Å². The summed E-state index contributed by atoms with van der Waals surface area (Å²) in [5.41, 5.74) is 10.3. The topological polar surface area (TPSA) is 121 Å². The predicted octanol–water partition coefficient (Wildman–Crippen LogP) is 5.64. The number of pyridine rings is 1. The molecule has 1 saturated heterocycles. The molecule has 194 valence electrons. The monoisotopic (exact) mass is 576 g/mol. The van der Waals surface area contributed by atoms with Crippen molar-refractivity contribution in [2.45, 2.75) is 31.5 Å². The molecule has 3 aromatic rings. The number of aromatic nitrogens is 1. The molecular weight excluding hydrogens is 553 g/mol. The number of nitrogens with two attached hydrogens (primary N) is 1. The molecule has 1 aliphatic heterocycles. The first kappa shape index (κ1) is 28.0. The van der Waals surface area contributed by atoms with Gasteiger partial charge in [0.15, 0.2) is 0 Å². The molecule has 11 heteroatoms. The van der Waals surface area contributed by atoms with E-state index in [1.807, 2.05) is 54.6 Å². The number of rotatable bonds is 5. The number of nitriles is 1. The number of carbonyl (C=O) groups is 1. The number of nitrogens with one attached hydrogen (secondary N) is 1. The Morgan fingerprint density at radius 2 is 1.97 bits per heavy atom. The number of anilines is 1. The quantitative estimate of drug-likeness (QED) is 0.359. The molecule has 1 aromatic heterocycles. The highest BCUT2D eigenvalue weighted by Gasteiger charge is 2.38. The third kappa shape index (κ3) is 7.68. The SMILES string of the molecule is N#Cc1c(C2CCCNC2)cc(-c2ccccc2OCc2cccc(Br)c2)nc1N.O=C(O)C(F)(F)F. The number of para-hydroxylation sites is 1. The van der Waals surface area contributed by atoms with Crippen molar-refractivity contribution in [3.63, 3.8) is 0 Å². The van der Waals surface area contributed by atoms with Crippen molar-refractivity contribution in [3.8, 4) is 23.1 Å². The fourth-order valence-electron chi connectivity index (χ4n) is 3.88. The Labute approximate surface area is 220 Å². The van der Waals surface area contributed by atoms with Crippen LogP contribution < -0.4 is 15.8 Å². The van der Waals surface area contributed by atoms with Crippen molar-refractivity contribution in [2.75, 3.05) is 18.8 Å². The Hall–Kier alpha value is -3.62. The molecule has 0 spiro atoms. The molecule has 4 rings (SSSR count). The lowest BCUT2D eigenvalue weighted by atomic mass is 9.88. The maximum atomic E-state index is 10.6. The molecule has 0 amide bonds. The summed E-state index contributed by atoms with van der Waals surface area (Å²) in [6, 6.07) is 20.1. The van der Waals surface area contributed by atoms with E-state index in [1.165, 1.54) is 0 Å². The van der Waals surface area contributed by atoms with E-state index in [4.69, 9.17) is 20.4 Å².